The third-order valence-electron chi connectivity index (χ3n) is 0.783. The summed E-state index contributed by atoms with van der Waals surface area (Å²) in [6, 6.07) is 0. The van der Waals surface area contributed by atoms with Gasteiger partial charge in [0.2, 0.25) is 5.95 Å². The molecule has 0 atom stereocenters. The second-order valence-corrected chi connectivity index (χ2v) is 1.35. The number of hydrogen-bond acceptors (Lipinski definition) is 4. The van der Waals surface area contributed by atoms with Crippen molar-refractivity contribution in [3.63, 3.8) is 0 Å². The molecule has 0 saturated carbocycles. The van der Waals surface area contributed by atoms with Gasteiger partial charge in [-0.1, -0.05) is 5.10 Å². The number of aromatic nitrogens is 4. The maximum absolute atomic E-state index is 9.68. The Balaban J connectivity index is 2.80. The Morgan fingerprint density at radius 3 is 3.00 bits per heavy atom. The van der Waals surface area contributed by atoms with Gasteiger partial charge in [-0.2, -0.15) is 0 Å². The van der Waals surface area contributed by atoms with Crippen molar-refractivity contribution in [2.45, 2.75) is 0 Å². The Morgan fingerprint density at radius 2 is 2.56 bits per heavy atom. The Labute approximate surface area is 50.9 Å². The van der Waals surface area contributed by atoms with Crippen LogP contribution in [-0.2, 0) is 11.8 Å². The number of carbonyl (C=O) groups excluding carboxylic acids is 1. The SMILES string of the molecule is Cn1nnnc1N[C]=O. The minimum Gasteiger partial charge on any atom is -0.285 e. The number of hydrogen-bond donors (Lipinski definition) is 1. The van der Waals surface area contributed by atoms with E-state index in [-0.39, 0.29) is 5.95 Å². The van der Waals surface area contributed by atoms with Crippen LogP contribution in [0.1, 0.15) is 0 Å². The second kappa shape index (κ2) is 2.21. The monoisotopic (exact) mass is 126 g/mol. The summed E-state index contributed by atoms with van der Waals surface area (Å²) in [5.74, 6) is 0.282. The highest BCUT2D eigenvalue weighted by Crippen LogP contribution is 1.90. The van der Waals surface area contributed by atoms with E-state index in [1.54, 1.807) is 7.05 Å². The number of amides is 1. The van der Waals surface area contributed by atoms with E-state index in [1.165, 1.54) is 11.1 Å². The van der Waals surface area contributed by atoms with Crippen molar-refractivity contribution in [2.75, 3.05) is 5.32 Å². The van der Waals surface area contributed by atoms with E-state index in [1.807, 2.05) is 0 Å². The van der Waals surface area contributed by atoms with Crippen LogP contribution < -0.4 is 5.32 Å². The summed E-state index contributed by atoms with van der Waals surface area (Å²) in [5.41, 5.74) is 0. The van der Waals surface area contributed by atoms with Crippen molar-refractivity contribution in [1.29, 1.82) is 0 Å². The largest absolute Gasteiger partial charge is 0.316 e. The molecule has 6 heteroatoms. The molecule has 9 heavy (non-hydrogen) atoms. The van der Waals surface area contributed by atoms with Gasteiger partial charge in [0.25, 0.3) is 0 Å². The van der Waals surface area contributed by atoms with Gasteiger partial charge in [0.1, 0.15) is 0 Å². The number of tetrazole rings is 1. The average molecular weight is 126 g/mol. The second-order valence-electron chi connectivity index (χ2n) is 1.35. The molecule has 1 amide bonds. The van der Waals surface area contributed by atoms with E-state index in [0.717, 1.165) is 0 Å². The number of anilines is 1. The first kappa shape index (κ1) is 5.67. The van der Waals surface area contributed by atoms with Gasteiger partial charge in [-0.3, -0.25) is 10.1 Å². The van der Waals surface area contributed by atoms with Crippen molar-refractivity contribution in [3.8, 4) is 0 Å². The highest BCUT2D eigenvalue weighted by atomic mass is 16.1. The predicted octanol–water partition coefficient (Wildman–Crippen LogP) is -1.31. The zero-order valence-electron chi connectivity index (χ0n) is 4.70. The van der Waals surface area contributed by atoms with Gasteiger partial charge < -0.3 is 0 Å². The highest BCUT2D eigenvalue weighted by Gasteiger charge is 1.96. The van der Waals surface area contributed by atoms with Crippen LogP contribution in [0.3, 0.4) is 0 Å². The van der Waals surface area contributed by atoms with Crippen molar-refractivity contribution >= 4 is 12.4 Å². The molecular formula is C3H4N5O. The molecule has 0 aliphatic carbocycles. The van der Waals surface area contributed by atoms with Crippen molar-refractivity contribution in [1.82, 2.24) is 20.2 Å². The lowest BCUT2D eigenvalue weighted by molar-refractivity contribution is 0.560. The van der Waals surface area contributed by atoms with Gasteiger partial charge in [-0.25, -0.2) is 4.68 Å². The van der Waals surface area contributed by atoms with E-state index < -0.39 is 0 Å². The zero-order valence-corrected chi connectivity index (χ0v) is 4.70. The fraction of sp³-hybridized carbons (Fsp3) is 0.333. The van der Waals surface area contributed by atoms with Crippen molar-refractivity contribution in [3.05, 3.63) is 0 Å². The fourth-order valence-electron chi connectivity index (χ4n) is 0.381. The Hall–Kier alpha value is -1.46. The Bertz CT molecular complexity index is 206. The standard InChI is InChI=1S/C3H4N5O/c1-8-3(4-2-9)5-6-7-8/h1H3,(H,4,5,7,9). The third kappa shape index (κ3) is 1.01. The number of aryl methyl sites for hydroxylation is 1. The van der Waals surface area contributed by atoms with Gasteiger partial charge in [-0.05, 0) is 10.4 Å². The number of nitrogens with one attached hydrogen (secondary N) is 1. The molecule has 1 heterocycles. The van der Waals surface area contributed by atoms with Gasteiger partial charge in [0, 0.05) is 7.05 Å². The maximum atomic E-state index is 9.68. The summed E-state index contributed by atoms with van der Waals surface area (Å²) in [4.78, 5) is 9.68. The molecule has 1 N–H and O–H groups in total. The van der Waals surface area contributed by atoms with Crippen LogP contribution in [0.25, 0.3) is 0 Å². The van der Waals surface area contributed by atoms with Gasteiger partial charge >= 0.3 is 6.41 Å². The van der Waals surface area contributed by atoms with Crippen LogP contribution in [0.5, 0.6) is 0 Å². The summed E-state index contributed by atoms with van der Waals surface area (Å²) in [6.07, 6.45) is 1.45. The van der Waals surface area contributed by atoms with Crippen LogP contribution in [0, 0.1) is 0 Å². The normalized spacial score (nSPS) is 9.00. The maximum Gasteiger partial charge on any atom is 0.316 e. The molecule has 1 aromatic heterocycles. The molecule has 47 valence electrons. The van der Waals surface area contributed by atoms with E-state index >= 15 is 0 Å². The van der Waals surface area contributed by atoms with E-state index in [0.29, 0.717) is 0 Å². The van der Waals surface area contributed by atoms with Gasteiger partial charge in [0.15, 0.2) is 0 Å². The molecule has 6 nitrogen and oxygen atoms in total. The van der Waals surface area contributed by atoms with E-state index in [2.05, 4.69) is 20.8 Å². The minimum absolute atomic E-state index is 0.282. The molecule has 0 spiro atoms. The predicted molar refractivity (Wildman–Crippen MR) is 28.1 cm³/mol. The summed E-state index contributed by atoms with van der Waals surface area (Å²) < 4.78 is 1.32. The zero-order chi connectivity index (χ0) is 6.69. The Kier molecular flexibility index (Phi) is 1.39. The molecule has 0 aliphatic heterocycles. The van der Waals surface area contributed by atoms with Gasteiger partial charge in [0.05, 0.1) is 0 Å². The molecule has 0 aliphatic rings. The molecular weight excluding hydrogens is 122 g/mol. The smallest absolute Gasteiger partial charge is 0.285 e. The molecule has 0 saturated heterocycles. The summed E-state index contributed by atoms with van der Waals surface area (Å²) in [5, 5.41) is 12.3. The van der Waals surface area contributed by atoms with Crippen LogP contribution in [0.4, 0.5) is 5.95 Å². The summed E-state index contributed by atoms with van der Waals surface area (Å²) >= 11 is 0. The highest BCUT2D eigenvalue weighted by molar-refractivity contribution is 5.66. The lowest BCUT2D eigenvalue weighted by atomic mass is 10.9. The summed E-state index contributed by atoms with van der Waals surface area (Å²) in [7, 11) is 1.61. The molecule has 1 aromatic rings. The first-order valence-electron chi connectivity index (χ1n) is 2.20. The molecule has 0 bridgehead atoms. The van der Waals surface area contributed by atoms with Crippen molar-refractivity contribution < 1.29 is 4.79 Å². The summed E-state index contributed by atoms with van der Waals surface area (Å²) in [6.45, 7) is 0. The first-order chi connectivity index (χ1) is 4.34. The fourth-order valence-corrected chi connectivity index (χ4v) is 0.381. The molecule has 0 fully saturated rings. The van der Waals surface area contributed by atoms with Crippen LogP contribution in [0.2, 0.25) is 0 Å². The number of nitrogens with zero attached hydrogens (tertiary/aromatic N) is 4. The molecule has 0 unspecified atom stereocenters. The quantitative estimate of drug-likeness (QED) is 0.499. The van der Waals surface area contributed by atoms with Crippen molar-refractivity contribution in [2.24, 2.45) is 7.05 Å². The third-order valence-corrected chi connectivity index (χ3v) is 0.783. The van der Waals surface area contributed by atoms with Gasteiger partial charge in [-0.15, -0.1) is 0 Å². The molecule has 0 aromatic carbocycles. The van der Waals surface area contributed by atoms with Crippen LogP contribution in [0.15, 0.2) is 0 Å². The first-order valence-corrected chi connectivity index (χ1v) is 2.20. The lowest BCUT2D eigenvalue weighted by Gasteiger charge is -1.89. The minimum atomic E-state index is 0.282. The van der Waals surface area contributed by atoms with Crippen LogP contribution >= 0.6 is 0 Å². The van der Waals surface area contributed by atoms with Crippen LogP contribution in [-0.4, -0.2) is 26.6 Å². The molecule has 1 rings (SSSR count). The topological polar surface area (TPSA) is 72.7 Å². The average Bonchev–Trinajstić information content (AvgIpc) is 2.18. The Morgan fingerprint density at radius 1 is 1.78 bits per heavy atom. The van der Waals surface area contributed by atoms with E-state index in [4.69, 9.17) is 0 Å². The number of rotatable bonds is 2. The molecule has 1 radical (unpaired) electrons. The lowest BCUT2D eigenvalue weighted by Crippen LogP contribution is -2.02. The van der Waals surface area contributed by atoms with E-state index in [9.17, 15) is 4.79 Å².